The summed E-state index contributed by atoms with van der Waals surface area (Å²) in [5.41, 5.74) is 1.71. The van der Waals surface area contributed by atoms with E-state index in [4.69, 9.17) is 9.47 Å². The van der Waals surface area contributed by atoms with E-state index in [2.05, 4.69) is 19.2 Å². The summed E-state index contributed by atoms with van der Waals surface area (Å²) < 4.78 is 11.5. The number of carbonyl (C=O) groups excluding carboxylic acids is 1. The maximum atomic E-state index is 12.6. The zero-order valence-corrected chi connectivity index (χ0v) is 17.4. The highest BCUT2D eigenvalue weighted by Gasteiger charge is 2.14. The van der Waals surface area contributed by atoms with Gasteiger partial charge in [0.05, 0.1) is 19.3 Å². The van der Waals surface area contributed by atoms with E-state index in [9.17, 15) is 10.1 Å². The van der Waals surface area contributed by atoms with Gasteiger partial charge in [0, 0.05) is 0 Å². The largest absolute Gasteiger partial charge is 0.490 e. The first-order valence-electron chi connectivity index (χ1n) is 9.81. The van der Waals surface area contributed by atoms with E-state index < -0.39 is 5.91 Å². The number of nitrogens with zero attached hydrogens (tertiary/aromatic N) is 1. The molecule has 0 unspecified atom stereocenters. The van der Waals surface area contributed by atoms with Gasteiger partial charge < -0.3 is 14.8 Å². The smallest absolute Gasteiger partial charge is 0.262 e. The molecule has 0 saturated carbocycles. The van der Waals surface area contributed by atoms with Gasteiger partial charge in [0.2, 0.25) is 0 Å². The van der Waals surface area contributed by atoms with Crippen LogP contribution < -0.4 is 14.8 Å². The molecule has 0 aliphatic carbocycles. The second-order valence-corrected chi connectivity index (χ2v) is 7.12. The van der Waals surface area contributed by atoms with Gasteiger partial charge in [-0.15, -0.1) is 0 Å². The molecule has 1 amide bonds. The maximum Gasteiger partial charge on any atom is 0.262 e. The third-order valence-electron chi connectivity index (χ3n) is 4.16. The lowest BCUT2D eigenvalue weighted by atomic mass is 10.1. The van der Waals surface area contributed by atoms with Crippen molar-refractivity contribution in [3.05, 3.63) is 65.2 Å². The summed E-state index contributed by atoms with van der Waals surface area (Å²) in [6.45, 7) is 9.01. The monoisotopic (exact) mass is 392 g/mol. The molecule has 0 heterocycles. The summed E-state index contributed by atoms with van der Waals surface area (Å²) in [6.07, 6.45) is 1.56. The standard InChI is InChI=1S/C24H28N2O3/c1-5-28-23-14-19(11-12-22(23)29-16-17(2)3)13-21(15-25)24(27)26-18(4)20-9-7-6-8-10-20/h6-14,17-18H,5,16H2,1-4H3,(H,26,27)/b21-13+/t18-/m1/s1. The van der Waals surface area contributed by atoms with E-state index in [1.54, 1.807) is 18.2 Å². The Morgan fingerprint density at radius 2 is 1.83 bits per heavy atom. The summed E-state index contributed by atoms with van der Waals surface area (Å²) in [6, 6.07) is 16.8. The van der Waals surface area contributed by atoms with Gasteiger partial charge >= 0.3 is 0 Å². The van der Waals surface area contributed by atoms with Crippen molar-refractivity contribution in [2.45, 2.75) is 33.7 Å². The van der Waals surface area contributed by atoms with Gasteiger partial charge in [0.15, 0.2) is 11.5 Å². The molecule has 0 saturated heterocycles. The van der Waals surface area contributed by atoms with Gasteiger partial charge in [-0.1, -0.05) is 50.2 Å². The van der Waals surface area contributed by atoms with Crippen molar-refractivity contribution in [2.75, 3.05) is 13.2 Å². The second kappa shape index (κ2) is 10.9. The molecule has 0 spiro atoms. The minimum Gasteiger partial charge on any atom is -0.490 e. The number of nitriles is 1. The molecule has 1 N–H and O–H groups in total. The molecule has 0 radical (unpaired) electrons. The van der Waals surface area contributed by atoms with Gasteiger partial charge in [0.25, 0.3) is 5.91 Å². The molecule has 0 bridgehead atoms. The van der Waals surface area contributed by atoms with Crippen LogP contribution in [0.25, 0.3) is 6.08 Å². The molecule has 5 heteroatoms. The number of nitrogens with one attached hydrogen (secondary N) is 1. The summed E-state index contributed by atoms with van der Waals surface area (Å²) in [5.74, 6) is 1.22. The molecule has 2 rings (SSSR count). The zero-order valence-electron chi connectivity index (χ0n) is 17.4. The lowest BCUT2D eigenvalue weighted by Gasteiger charge is -2.15. The molecule has 0 fully saturated rings. The van der Waals surface area contributed by atoms with Gasteiger partial charge in [0.1, 0.15) is 11.6 Å². The molecule has 152 valence electrons. The molecular formula is C24H28N2O3. The highest BCUT2D eigenvalue weighted by atomic mass is 16.5. The van der Waals surface area contributed by atoms with Crippen molar-refractivity contribution in [2.24, 2.45) is 5.92 Å². The van der Waals surface area contributed by atoms with Crippen molar-refractivity contribution >= 4 is 12.0 Å². The number of benzene rings is 2. The fourth-order valence-electron chi connectivity index (χ4n) is 2.67. The molecule has 0 aliphatic rings. The number of carbonyl (C=O) groups is 1. The second-order valence-electron chi connectivity index (χ2n) is 7.12. The van der Waals surface area contributed by atoms with Crippen LogP contribution in [0.3, 0.4) is 0 Å². The van der Waals surface area contributed by atoms with Crippen LogP contribution in [0.1, 0.15) is 44.9 Å². The van der Waals surface area contributed by atoms with Crippen molar-refractivity contribution in [1.82, 2.24) is 5.32 Å². The Kier molecular flexibility index (Phi) is 8.29. The van der Waals surface area contributed by atoms with Crippen LogP contribution in [0.15, 0.2) is 54.1 Å². The van der Waals surface area contributed by atoms with Crippen LogP contribution in [0.2, 0.25) is 0 Å². The van der Waals surface area contributed by atoms with Crippen LogP contribution in [0.5, 0.6) is 11.5 Å². The predicted octanol–water partition coefficient (Wildman–Crippen LogP) is 4.90. The minimum absolute atomic E-state index is 0.0334. The fourth-order valence-corrected chi connectivity index (χ4v) is 2.67. The van der Waals surface area contributed by atoms with Gasteiger partial charge in [-0.05, 0) is 49.1 Å². The summed E-state index contributed by atoms with van der Waals surface area (Å²) in [5, 5.41) is 12.3. The first-order chi connectivity index (χ1) is 13.9. The number of hydrogen-bond donors (Lipinski definition) is 1. The highest BCUT2D eigenvalue weighted by molar-refractivity contribution is 6.01. The zero-order chi connectivity index (χ0) is 21.2. The molecule has 1 atom stereocenters. The van der Waals surface area contributed by atoms with E-state index in [1.165, 1.54) is 0 Å². The summed E-state index contributed by atoms with van der Waals surface area (Å²) >= 11 is 0. The summed E-state index contributed by atoms with van der Waals surface area (Å²) in [4.78, 5) is 12.6. The van der Waals surface area contributed by atoms with Crippen LogP contribution >= 0.6 is 0 Å². The summed E-state index contributed by atoms with van der Waals surface area (Å²) in [7, 11) is 0. The van der Waals surface area contributed by atoms with Crippen molar-refractivity contribution in [3.8, 4) is 17.6 Å². The molecule has 0 aliphatic heterocycles. The average Bonchev–Trinajstić information content (AvgIpc) is 2.72. The van der Waals surface area contributed by atoms with E-state index >= 15 is 0 Å². The minimum atomic E-state index is -0.415. The number of ether oxygens (including phenoxy) is 2. The van der Waals surface area contributed by atoms with Gasteiger partial charge in [-0.25, -0.2) is 0 Å². The van der Waals surface area contributed by atoms with Crippen molar-refractivity contribution in [3.63, 3.8) is 0 Å². The molecular weight excluding hydrogens is 364 g/mol. The topological polar surface area (TPSA) is 71.3 Å². The van der Waals surface area contributed by atoms with Crippen LogP contribution in [-0.2, 0) is 4.79 Å². The van der Waals surface area contributed by atoms with Gasteiger partial charge in [-0.3, -0.25) is 4.79 Å². The van der Waals surface area contributed by atoms with Crippen LogP contribution in [-0.4, -0.2) is 19.1 Å². The highest BCUT2D eigenvalue weighted by Crippen LogP contribution is 2.30. The molecule has 29 heavy (non-hydrogen) atoms. The SMILES string of the molecule is CCOc1cc(/C=C(\C#N)C(=O)N[C@H](C)c2ccccc2)ccc1OCC(C)C. The third kappa shape index (κ3) is 6.69. The third-order valence-corrected chi connectivity index (χ3v) is 4.16. The van der Waals surface area contributed by atoms with E-state index in [1.807, 2.05) is 56.3 Å². The Labute approximate surface area is 173 Å². The van der Waals surface area contributed by atoms with Crippen molar-refractivity contribution < 1.29 is 14.3 Å². The Morgan fingerprint density at radius 1 is 1.10 bits per heavy atom. The molecule has 2 aromatic rings. The average molecular weight is 392 g/mol. The van der Waals surface area contributed by atoms with Crippen LogP contribution in [0, 0.1) is 17.2 Å². The predicted molar refractivity (Wildman–Crippen MR) is 115 cm³/mol. The molecule has 5 nitrogen and oxygen atoms in total. The van der Waals surface area contributed by atoms with E-state index in [0.717, 1.165) is 5.56 Å². The fraction of sp³-hybridized carbons (Fsp3) is 0.333. The Morgan fingerprint density at radius 3 is 2.45 bits per heavy atom. The number of rotatable bonds is 9. The van der Waals surface area contributed by atoms with Crippen LogP contribution in [0.4, 0.5) is 0 Å². The van der Waals surface area contributed by atoms with Gasteiger partial charge in [-0.2, -0.15) is 5.26 Å². The quantitative estimate of drug-likeness (QED) is 0.486. The first-order valence-corrected chi connectivity index (χ1v) is 9.81. The lowest BCUT2D eigenvalue weighted by Crippen LogP contribution is -2.27. The van der Waals surface area contributed by atoms with E-state index in [0.29, 0.717) is 36.2 Å². The van der Waals surface area contributed by atoms with E-state index in [-0.39, 0.29) is 11.6 Å². The number of hydrogen-bond acceptors (Lipinski definition) is 4. The first kappa shape index (κ1) is 22.0. The normalized spacial score (nSPS) is 12.2. The Bertz CT molecular complexity index is 883. The maximum absolute atomic E-state index is 12.6. The Balaban J connectivity index is 2.19. The molecule has 2 aromatic carbocycles. The molecule has 0 aromatic heterocycles. The Hall–Kier alpha value is -3.26. The lowest BCUT2D eigenvalue weighted by molar-refractivity contribution is -0.117. The van der Waals surface area contributed by atoms with Crippen molar-refractivity contribution in [1.29, 1.82) is 5.26 Å². The number of amides is 1.